The van der Waals surface area contributed by atoms with Crippen LogP contribution in [0.2, 0.25) is 0 Å². The SMILES string of the molecule is Cc1cc(C)cc(C2(F)CNC2)c1. The van der Waals surface area contributed by atoms with Gasteiger partial charge in [0.05, 0.1) is 0 Å². The molecule has 0 saturated carbocycles. The van der Waals surface area contributed by atoms with E-state index in [2.05, 4.69) is 11.4 Å². The summed E-state index contributed by atoms with van der Waals surface area (Å²) in [4.78, 5) is 0. The fraction of sp³-hybridized carbons (Fsp3) is 0.455. The van der Waals surface area contributed by atoms with Crippen molar-refractivity contribution in [2.24, 2.45) is 0 Å². The number of benzene rings is 1. The van der Waals surface area contributed by atoms with E-state index in [-0.39, 0.29) is 0 Å². The van der Waals surface area contributed by atoms with Crippen LogP contribution in [0.4, 0.5) is 4.39 Å². The summed E-state index contributed by atoms with van der Waals surface area (Å²) in [6.45, 7) is 4.92. The first kappa shape index (κ1) is 8.70. The number of halogens is 1. The molecule has 1 saturated heterocycles. The number of rotatable bonds is 1. The third-order valence-electron chi connectivity index (χ3n) is 2.55. The topological polar surface area (TPSA) is 12.0 Å². The Morgan fingerprint density at radius 3 is 2.08 bits per heavy atom. The molecule has 1 aromatic rings. The Kier molecular flexibility index (Phi) is 1.88. The van der Waals surface area contributed by atoms with Crippen LogP contribution >= 0.6 is 0 Å². The number of alkyl halides is 1. The first-order chi connectivity index (χ1) is 6.10. The number of hydrogen-bond acceptors (Lipinski definition) is 1. The van der Waals surface area contributed by atoms with E-state index in [0.717, 1.165) is 16.7 Å². The van der Waals surface area contributed by atoms with E-state index in [1.54, 1.807) is 0 Å². The minimum Gasteiger partial charge on any atom is -0.310 e. The van der Waals surface area contributed by atoms with Gasteiger partial charge in [0.2, 0.25) is 0 Å². The zero-order valence-corrected chi connectivity index (χ0v) is 8.02. The van der Waals surface area contributed by atoms with Crippen LogP contribution in [-0.2, 0) is 5.67 Å². The van der Waals surface area contributed by atoms with Crippen molar-refractivity contribution in [1.82, 2.24) is 5.32 Å². The molecule has 0 atom stereocenters. The molecule has 13 heavy (non-hydrogen) atoms. The second kappa shape index (κ2) is 2.81. The molecular weight excluding hydrogens is 165 g/mol. The second-order valence-electron chi connectivity index (χ2n) is 3.95. The lowest BCUT2D eigenvalue weighted by atomic mass is 9.88. The fourth-order valence-electron chi connectivity index (χ4n) is 1.78. The van der Waals surface area contributed by atoms with Crippen LogP contribution in [0.25, 0.3) is 0 Å². The van der Waals surface area contributed by atoms with Gasteiger partial charge in [0.25, 0.3) is 0 Å². The molecule has 0 bridgehead atoms. The highest BCUT2D eigenvalue weighted by Crippen LogP contribution is 2.31. The van der Waals surface area contributed by atoms with Gasteiger partial charge in [0.1, 0.15) is 0 Å². The highest BCUT2D eigenvalue weighted by molar-refractivity contribution is 5.34. The number of nitrogens with one attached hydrogen (secondary N) is 1. The standard InChI is InChI=1S/C11H14FN/c1-8-3-9(2)5-10(4-8)11(12)6-13-7-11/h3-5,13H,6-7H2,1-2H3. The Morgan fingerprint density at radius 2 is 1.69 bits per heavy atom. The summed E-state index contributed by atoms with van der Waals surface area (Å²) in [5.74, 6) is 0. The Labute approximate surface area is 78.0 Å². The molecule has 1 heterocycles. The van der Waals surface area contributed by atoms with Gasteiger partial charge in [0.15, 0.2) is 5.67 Å². The molecule has 70 valence electrons. The molecule has 0 aliphatic carbocycles. The summed E-state index contributed by atoms with van der Waals surface area (Å²) in [5.41, 5.74) is 1.98. The quantitative estimate of drug-likeness (QED) is 0.696. The number of hydrogen-bond donors (Lipinski definition) is 1. The molecule has 1 N–H and O–H groups in total. The molecule has 1 aliphatic heterocycles. The van der Waals surface area contributed by atoms with Gasteiger partial charge in [-0.3, -0.25) is 0 Å². The predicted molar refractivity (Wildman–Crippen MR) is 51.6 cm³/mol. The van der Waals surface area contributed by atoms with Crippen LogP contribution in [0.15, 0.2) is 18.2 Å². The molecule has 0 unspecified atom stereocenters. The van der Waals surface area contributed by atoms with Gasteiger partial charge in [-0.25, -0.2) is 4.39 Å². The summed E-state index contributed by atoms with van der Waals surface area (Å²) in [6, 6.07) is 5.95. The average molecular weight is 179 g/mol. The predicted octanol–water partition coefficient (Wildman–Crippen LogP) is 2.07. The maximum absolute atomic E-state index is 13.9. The van der Waals surface area contributed by atoms with Crippen molar-refractivity contribution in [3.05, 3.63) is 34.9 Å². The minimum atomic E-state index is -1.11. The van der Waals surface area contributed by atoms with Crippen molar-refractivity contribution in [2.75, 3.05) is 13.1 Å². The van der Waals surface area contributed by atoms with Crippen molar-refractivity contribution >= 4 is 0 Å². The van der Waals surface area contributed by atoms with Crippen molar-refractivity contribution in [1.29, 1.82) is 0 Å². The Balaban J connectivity index is 2.39. The van der Waals surface area contributed by atoms with Gasteiger partial charge in [-0.05, 0) is 19.4 Å². The van der Waals surface area contributed by atoms with Crippen LogP contribution in [0.5, 0.6) is 0 Å². The van der Waals surface area contributed by atoms with Gasteiger partial charge in [0, 0.05) is 13.1 Å². The third kappa shape index (κ3) is 1.46. The third-order valence-corrected chi connectivity index (χ3v) is 2.55. The summed E-state index contributed by atoms with van der Waals surface area (Å²) in [7, 11) is 0. The zero-order valence-electron chi connectivity index (χ0n) is 8.02. The van der Waals surface area contributed by atoms with E-state index in [4.69, 9.17) is 0 Å². The maximum atomic E-state index is 13.9. The Bertz CT molecular complexity index is 309. The van der Waals surface area contributed by atoms with Gasteiger partial charge >= 0.3 is 0 Å². The zero-order chi connectivity index (χ0) is 9.47. The highest BCUT2D eigenvalue weighted by atomic mass is 19.1. The van der Waals surface area contributed by atoms with E-state index >= 15 is 0 Å². The molecule has 1 nitrogen and oxygen atoms in total. The first-order valence-corrected chi connectivity index (χ1v) is 4.59. The second-order valence-corrected chi connectivity index (χ2v) is 3.95. The van der Waals surface area contributed by atoms with Crippen molar-refractivity contribution < 1.29 is 4.39 Å². The summed E-state index contributed by atoms with van der Waals surface area (Å²) in [5, 5.41) is 2.96. The lowest BCUT2D eigenvalue weighted by Crippen LogP contribution is -2.53. The van der Waals surface area contributed by atoms with E-state index in [9.17, 15) is 4.39 Å². The molecule has 2 heteroatoms. The van der Waals surface area contributed by atoms with Crippen molar-refractivity contribution in [2.45, 2.75) is 19.5 Å². The largest absolute Gasteiger partial charge is 0.310 e. The molecule has 0 amide bonds. The van der Waals surface area contributed by atoms with Crippen LogP contribution in [0, 0.1) is 13.8 Å². The van der Waals surface area contributed by atoms with E-state index in [0.29, 0.717) is 13.1 Å². The number of aryl methyl sites for hydroxylation is 2. The van der Waals surface area contributed by atoms with Gasteiger partial charge in [-0.15, -0.1) is 0 Å². The Hall–Kier alpha value is -0.890. The summed E-state index contributed by atoms with van der Waals surface area (Å²) in [6.07, 6.45) is 0. The van der Waals surface area contributed by atoms with Crippen LogP contribution in [0.1, 0.15) is 16.7 Å². The van der Waals surface area contributed by atoms with Gasteiger partial charge < -0.3 is 5.32 Å². The monoisotopic (exact) mass is 179 g/mol. The minimum absolute atomic E-state index is 0.454. The lowest BCUT2D eigenvalue weighted by Gasteiger charge is -2.35. The van der Waals surface area contributed by atoms with Gasteiger partial charge in [-0.2, -0.15) is 0 Å². The molecule has 1 aromatic carbocycles. The van der Waals surface area contributed by atoms with Crippen molar-refractivity contribution in [3.8, 4) is 0 Å². The molecule has 2 rings (SSSR count). The molecular formula is C11H14FN. The van der Waals surface area contributed by atoms with Gasteiger partial charge in [-0.1, -0.05) is 29.3 Å². The molecule has 1 aliphatic rings. The fourth-order valence-corrected chi connectivity index (χ4v) is 1.78. The van der Waals surface area contributed by atoms with E-state index < -0.39 is 5.67 Å². The first-order valence-electron chi connectivity index (χ1n) is 4.59. The molecule has 1 fully saturated rings. The normalized spacial score (nSPS) is 19.6. The van der Waals surface area contributed by atoms with E-state index in [1.165, 1.54) is 0 Å². The van der Waals surface area contributed by atoms with E-state index in [1.807, 2.05) is 26.0 Å². The average Bonchev–Trinajstić information content (AvgIpc) is 1.98. The highest BCUT2D eigenvalue weighted by Gasteiger charge is 2.38. The van der Waals surface area contributed by atoms with Crippen LogP contribution in [-0.4, -0.2) is 13.1 Å². The van der Waals surface area contributed by atoms with Crippen molar-refractivity contribution in [3.63, 3.8) is 0 Å². The lowest BCUT2D eigenvalue weighted by molar-refractivity contribution is 0.0890. The summed E-state index contributed by atoms with van der Waals surface area (Å²) >= 11 is 0. The molecule has 0 spiro atoms. The molecule has 0 radical (unpaired) electrons. The molecule has 0 aromatic heterocycles. The Morgan fingerprint density at radius 1 is 1.15 bits per heavy atom. The smallest absolute Gasteiger partial charge is 0.160 e. The van der Waals surface area contributed by atoms with Crippen LogP contribution in [0.3, 0.4) is 0 Å². The maximum Gasteiger partial charge on any atom is 0.160 e. The van der Waals surface area contributed by atoms with Crippen LogP contribution < -0.4 is 5.32 Å². The summed E-state index contributed by atoms with van der Waals surface area (Å²) < 4.78 is 13.9.